The molecule has 0 aliphatic rings. The Morgan fingerprint density at radius 3 is 2.67 bits per heavy atom. The molecule has 2 heterocycles. The fourth-order valence-corrected chi connectivity index (χ4v) is 1.71. The largest absolute Gasteiger partial charge is 0.474 e. The Hall–Kier alpha value is -2.49. The number of aliphatic hydroxyl groups is 1. The van der Waals surface area contributed by atoms with Gasteiger partial charge < -0.3 is 14.6 Å². The van der Waals surface area contributed by atoms with Crippen molar-refractivity contribution in [1.82, 2.24) is 9.97 Å². The van der Waals surface area contributed by atoms with Crippen LogP contribution in [0.5, 0.6) is 5.88 Å². The zero-order valence-electron chi connectivity index (χ0n) is 11.4. The summed E-state index contributed by atoms with van der Waals surface area (Å²) in [6.45, 7) is 0.848. The number of nitrogens with zero attached hydrogens (tertiary/aromatic N) is 3. The third-order valence-corrected chi connectivity index (χ3v) is 2.69. The van der Waals surface area contributed by atoms with E-state index in [1.54, 1.807) is 24.7 Å². The van der Waals surface area contributed by atoms with Gasteiger partial charge in [0.25, 0.3) is 0 Å². The monoisotopic (exact) mass is 285 g/mol. The van der Waals surface area contributed by atoms with Crippen LogP contribution in [0.25, 0.3) is 11.1 Å². The van der Waals surface area contributed by atoms with Crippen LogP contribution in [0.2, 0.25) is 0 Å². The molecule has 108 valence electrons. The van der Waals surface area contributed by atoms with Gasteiger partial charge in [-0.1, -0.05) is 0 Å². The molecule has 0 spiro atoms. The van der Waals surface area contributed by atoms with Crippen LogP contribution in [-0.2, 0) is 4.74 Å². The van der Waals surface area contributed by atoms with E-state index in [0.717, 1.165) is 11.1 Å². The van der Waals surface area contributed by atoms with Gasteiger partial charge in [0, 0.05) is 24.2 Å². The summed E-state index contributed by atoms with van der Waals surface area (Å²) in [5.74, 6) is 0.280. The van der Waals surface area contributed by atoms with E-state index in [0.29, 0.717) is 12.2 Å². The highest BCUT2D eigenvalue weighted by Crippen LogP contribution is 2.23. The minimum absolute atomic E-state index is 0.0255. The molecule has 0 aliphatic carbocycles. The third kappa shape index (κ3) is 4.24. The molecule has 0 radical (unpaired) electrons. The molecule has 2 aromatic heterocycles. The zero-order valence-corrected chi connectivity index (χ0v) is 11.4. The maximum absolute atomic E-state index is 9.18. The lowest BCUT2D eigenvalue weighted by molar-refractivity contribution is 0.0694. The van der Waals surface area contributed by atoms with Gasteiger partial charge in [0.05, 0.1) is 19.8 Å². The molecule has 0 amide bonds. The van der Waals surface area contributed by atoms with Crippen molar-refractivity contribution in [2.75, 3.05) is 26.4 Å². The molecule has 0 atom stereocenters. The molecular weight excluding hydrogens is 270 g/mol. The van der Waals surface area contributed by atoms with Crippen LogP contribution in [-0.4, -0.2) is 41.5 Å². The van der Waals surface area contributed by atoms with Gasteiger partial charge in [-0.2, -0.15) is 5.26 Å². The average molecular weight is 285 g/mol. The predicted molar refractivity (Wildman–Crippen MR) is 75.6 cm³/mol. The zero-order chi connectivity index (χ0) is 14.9. The van der Waals surface area contributed by atoms with Gasteiger partial charge in [-0.15, -0.1) is 0 Å². The van der Waals surface area contributed by atoms with Crippen LogP contribution < -0.4 is 4.74 Å². The first-order valence-electron chi connectivity index (χ1n) is 6.47. The van der Waals surface area contributed by atoms with Gasteiger partial charge >= 0.3 is 0 Å². The van der Waals surface area contributed by atoms with Crippen molar-refractivity contribution in [2.24, 2.45) is 0 Å². The minimum atomic E-state index is -0.0255. The molecule has 0 unspecified atom stereocenters. The van der Waals surface area contributed by atoms with Crippen LogP contribution in [0.1, 0.15) is 5.56 Å². The first-order chi connectivity index (χ1) is 10.3. The van der Waals surface area contributed by atoms with Crippen LogP contribution in [0, 0.1) is 11.3 Å². The van der Waals surface area contributed by atoms with Gasteiger partial charge in [0.1, 0.15) is 18.2 Å². The number of rotatable bonds is 7. The first-order valence-corrected chi connectivity index (χ1v) is 6.47. The number of hydrogen-bond donors (Lipinski definition) is 1. The number of aromatic nitrogens is 2. The maximum Gasteiger partial charge on any atom is 0.231 e. The summed E-state index contributed by atoms with van der Waals surface area (Å²) in [4.78, 5) is 8.13. The Morgan fingerprint density at radius 1 is 1.14 bits per heavy atom. The van der Waals surface area contributed by atoms with E-state index in [1.165, 1.54) is 0 Å². The number of pyridine rings is 2. The van der Waals surface area contributed by atoms with E-state index in [2.05, 4.69) is 16.0 Å². The summed E-state index contributed by atoms with van der Waals surface area (Å²) in [6.07, 6.45) is 5.02. The summed E-state index contributed by atoms with van der Waals surface area (Å²) in [5.41, 5.74) is 2.14. The van der Waals surface area contributed by atoms with Crippen LogP contribution in [0.4, 0.5) is 0 Å². The van der Waals surface area contributed by atoms with Crippen molar-refractivity contribution in [2.45, 2.75) is 0 Å². The van der Waals surface area contributed by atoms with Crippen LogP contribution in [0.3, 0.4) is 0 Å². The first kappa shape index (κ1) is 14.9. The molecule has 6 heteroatoms. The Labute approximate surface area is 122 Å². The van der Waals surface area contributed by atoms with Crippen molar-refractivity contribution in [1.29, 1.82) is 5.26 Å². The molecule has 0 bridgehead atoms. The Bertz CT molecular complexity index is 611. The highest BCUT2D eigenvalue weighted by molar-refractivity contribution is 5.64. The van der Waals surface area contributed by atoms with E-state index in [-0.39, 0.29) is 25.7 Å². The van der Waals surface area contributed by atoms with E-state index in [4.69, 9.17) is 14.6 Å². The lowest BCUT2D eigenvalue weighted by Gasteiger charge is -2.08. The second-order valence-corrected chi connectivity index (χ2v) is 4.11. The van der Waals surface area contributed by atoms with Crippen molar-refractivity contribution in [3.05, 3.63) is 42.4 Å². The second-order valence-electron chi connectivity index (χ2n) is 4.11. The maximum atomic E-state index is 9.18. The van der Waals surface area contributed by atoms with Crippen molar-refractivity contribution in [3.8, 4) is 23.1 Å². The molecule has 2 aromatic rings. The van der Waals surface area contributed by atoms with Crippen LogP contribution in [0.15, 0.2) is 36.8 Å². The highest BCUT2D eigenvalue weighted by Gasteiger charge is 2.08. The third-order valence-electron chi connectivity index (χ3n) is 2.69. The number of ether oxygens (including phenoxy) is 2. The predicted octanol–water partition coefficient (Wildman–Crippen LogP) is 1.40. The average Bonchev–Trinajstić information content (AvgIpc) is 2.55. The van der Waals surface area contributed by atoms with E-state index < -0.39 is 0 Å². The number of hydrogen-bond acceptors (Lipinski definition) is 6. The van der Waals surface area contributed by atoms with Gasteiger partial charge in [-0.05, 0) is 23.8 Å². The van der Waals surface area contributed by atoms with Gasteiger partial charge in [-0.3, -0.25) is 4.98 Å². The van der Waals surface area contributed by atoms with Crippen molar-refractivity contribution < 1.29 is 14.6 Å². The van der Waals surface area contributed by atoms with Gasteiger partial charge in [-0.25, -0.2) is 4.98 Å². The SMILES string of the molecule is N#Cc1cc(-c2ccncc2)cnc1OCCOCCO. The standard InChI is InChI=1S/C15H15N3O3/c16-10-13-9-14(12-1-3-17-4-2-12)11-18-15(13)21-8-7-20-6-5-19/h1-4,9,11,19H,5-8H2. The number of nitriles is 1. The molecule has 1 N–H and O–H groups in total. The molecule has 0 aliphatic heterocycles. The smallest absolute Gasteiger partial charge is 0.231 e. The fraction of sp³-hybridized carbons (Fsp3) is 0.267. The molecule has 21 heavy (non-hydrogen) atoms. The molecule has 0 aromatic carbocycles. The Kier molecular flexibility index (Phi) is 5.64. The lowest BCUT2D eigenvalue weighted by atomic mass is 10.1. The molecule has 0 saturated heterocycles. The number of aliphatic hydroxyl groups excluding tert-OH is 1. The summed E-state index contributed by atoms with van der Waals surface area (Å²) in [7, 11) is 0. The van der Waals surface area contributed by atoms with E-state index in [9.17, 15) is 5.26 Å². The summed E-state index contributed by atoms with van der Waals surface area (Å²) >= 11 is 0. The summed E-state index contributed by atoms with van der Waals surface area (Å²) in [6, 6.07) is 7.50. The van der Waals surface area contributed by atoms with Gasteiger partial charge in [0.2, 0.25) is 5.88 Å². The highest BCUT2D eigenvalue weighted by atomic mass is 16.5. The second kappa shape index (κ2) is 7.94. The lowest BCUT2D eigenvalue weighted by Crippen LogP contribution is -2.10. The normalized spacial score (nSPS) is 10.1. The molecule has 0 fully saturated rings. The molecule has 2 rings (SSSR count). The summed E-state index contributed by atoms with van der Waals surface area (Å²) in [5, 5.41) is 17.8. The quantitative estimate of drug-likeness (QED) is 0.774. The fourth-order valence-electron chi connectivity index (χ4n) is 1.71. The Balaban J connectivity index is 2.05. The van der Waals surface area contributed by atoms with Gasteiger partial charge in [0.15, 0.2) is 0 Å². The van der Waals surface area contributed by atoms with E-state index in [1.807, 2.05) is 12.1 Å². The van der Waals surface area contributed by atoms with E-state index >= 15 is 0 Å². The minimum Gasteiger partial charge on any atom is -0.474 e. The molecular formula is C15H15N3O3. The molecule has 0 saturated carbocycles. The van der Waals surface area contributed by atoms with Crippen molar-refractivity contribution >= 4 is 0 Å². The van der Waals surface area contributed by atoms with Crippen LogP contribution >= 0.6 is 0 Å². The topological polar surface area (TPSA) is 88.3 Å². The Morgan fingerprint density at radius 2 is 1.95 bits per heavy atom. The van der Waals surface area contributed by atoms with Crippen molar-refractivity contribution in [3.63, 3.8) is 0 Å². The molecule has 6 nitrogen and oxygen atoms in total. The summed E-state index contributed by atoms with van der Waals surface area (Å²) < 4.78 is 10.5.